The van der Waals surface area contributed by atoms with E-state index in [0.29, 0.717) is 42.7 Å². The van der Waals surface area contributed by atoms with Gasteiger partial charge in [-0.2, -0.15) is 9.97 Å². The van der Waals surface area contributed by atoms with Crippen molar-refractivity contribution in [3.8, 4) is 0 Å². The first-order valence-corrected chi connectivity index (χ1v) is 8.51. The lowest BCUT2D eigenvalue weighted by Crippen LogP contribution is -2.32. The molecule has 0 aliphatic heterocycles. The number of anilines is 1. The minimum Gasteiger partial charge on any atom is -0.529 e. The number of H-pyrrole nitrogens is 1. The van der Waals surface area contributed by atoms with Crippen LogP contribution in [0.2, 0.25) is 5.15 Å². The molecule has 1 fully saturated rings. The smallest absolute Gasteiger partial charge is 0.328 e. The van der Waals surface area contributed by atoms with Crippen LogP contribution in [0.25, 0.3) is 11.2 Å². The van der Waals surface area contributed by atoms with E-state index in [2.05, 4.69) is 19.9 Å². The molecule has 1 saturated carbocycles. The van der Waals surface area contributed by atoms with E-state index in [0.717, 1.165) is 4.57 Å². The van der Waals surface area contributed by atoms with Gasteiger partial charge in [0.2, 0.25) is 5.95 Å². The number of rotatable bonds is 2. The summed E-state index contributed by atoms with van der Waals surface area (Å²) in [6.45, 7) is 0. The molecule has 3 aromatic rings. The highest BCUT2D eigenvalue weighted by Crippen LogP contribution is 2.38. The largest absolute Gasteiger partial charge is 0.529 e. The van der Waals surface area contributed by atoms with Gasteiger partial charge < -0.3 is 20.6 Å². The third kappa shape index (κ3) is 2.62. The zero-order valence-corrected chi connectivity index (χ0v) is 14.3. The summed E-state index contributed by atoms with van der Waals surface area (Å²) in [6, 6.07) is -0.0933. The Labute approximate surface area is 151 Å². The topological polar surface area (TPSA) is 148 Å². The maximum absolute atomic E-state index is 12.4. The third-order valence-electron chi connectivity index (χ3n) is 4.84. The van der Waals surface area contributed by atoms with Gasteiger partial charge in [-0.3, -0.25) is 9.13 Å². The van der Waals surface area contributed by atoms with Crippen molar-refractivity contribution in [2.75, 3.05) is 5.73 Å². The number of nitrogens with two attached hydrogens (primary N) is 1. The highest BCUT2D eigenvalue weighted by atomic mass is 35.5. The molecule has 0 bridgehead atoms. The van der Waals surface area contributed by atoms with Crippen molar-refractivity contribution in [2.24, 2.45) is 0 Å². The van der Waals surface area contributed by atoms with E-state index in [-0.39, 0.29) is 28.8 Å². The van der Waals surface area contributed by atoms with E-state index in [1.54, 1.807) is 4.57 Å². The Hall–Kier alpha value is -2.88. The van der Waals surface area contributed by atoms with Gasteiger partial charge in [-0.05, 0) is 25.7 Å². The molecule has 0 spiro atoms. The van der Waals surface area contributed by atoms with Crippen LogP contribution in [0.3, 0.4) is 0 Å². The van der Waals surface area contributed by atoms with Gasteiger partial charge in [0.25, 0.3) is 0 Å². The Kier molecular flexibility index (Phi) is 3.91. The first kappa shape index (κ1) is 16.6. The van der Waals surface area contributed by atoms with Crippen LogP contribution in [-0.2, 0) is 0 Å². The molecule has 4 rings (SSSR count). The van der Waals surface area contributed by atoms with Crippen molar-refractivity contribution in [2.45, 2.75) is 37.6 Å². The lowest BCUT2D eigenvalue weighted by Gasteiger charge is -2.29. The molecule has 11 heteroatoms. The minimum atomic E-state index is -1.30. The Balaban J connectivity index is 1.62. The third-order valence-corrected chi connectivity index (χ3v) is 5.11. The zero-order valence-electron chi connectivity index (χ0n) is 13.6. The van der Waals surface area contributed by atoms with Gasteiger partial charge in [-0.15, -0.1) is 0 Å². The Bertz CT molecular complexity index is 1050. The fourth-order valence-electron chi connectivity index (χ4n) is 3.69. The van der Waals surface area contributed by atoms with Crippen LogP contribution in [-0.4, -0.2) is 35.2 Å². The minimum absolute atomic E-state index is 0.0000727. The van der Waals surface area contributed by atoms with E-state index in [1.165, 1.54) is 12.4 Å². The molecule has 0 atom stereocenters. The normalized spacial score (nSPS) is 20.5. The second-order valence-corrected chi connectivity index (χ2v) is 6.66. The number of carboxylic acid groups (broad SMARTS) is 1. The van der Waals surface area contributed by atoms with Gasteiger partial charge in [0, 0.05) is 24.4 Å². The van der Waals surface area contributed by atoms with Crippen LogP contribution < -0.4 is 16.5 Å². The predicted octanol–water partition coefficient (Wildman–Crippen LogP) is 0.642. The van der Waals surface area contributed by atoms with E-state index < -0.39 is 6.09 Å². The molecule has 3 N–H and O–H groups in total. The molecule has 0 radical (unpaired) electrons. The van der Waals surface area contributed by atoms with Crippen LogP contribution in [0.4, 0.5) is 10.7 Å². The van der Waals surface area contributed by atoms with Crippen LogP contribution in [0.15, 0.2) is 17.2 Å². The summed E-state index contributed by atoms with van der Waals surface area (Å²) < 4.78 is 2.59. The van der Waals surface area contributed by atoms with Crippen molar-refractivity contribution in [1.82, 2.24) is 29.1 Å². The van der Waals surface area contributed by atoms with Crippen molar-refractivity contribution < 1.29 is 9.90 Å². The zero-order chi connectivity index (χ0) is 18.4. The van der Waals surface area contributed by atoms with Crippen molar-refractivity contribution in [1.29, 1.82) is 0 Å². The summed E-state index contributed by atoms with van der Waals surface area (Å²) in [5, 5.41) is 11.3. The molecular weight excluding hydrogens is 362 g/mol. The standard InChI is InChI=1S/C15H16ClN7O3/c16-10-9-12(21-13(17)20-10)23(14(24)19-9)8-3-1-7(2-4-8)11-18-5-6-22(11)15(25)26/h5-8H,1-4H2,(H,19,24)(H,25,26)(H2,17,20,21)/p-1. The molecule has 0 saturated heterocycles. The molecule has 1 aliphatic carbocycles. The number of nitrogen functional groups attached to an aromatic ring is 1. The molecule has 3 heterocycles. The quantitative estimate of drug-likeness (QED) is 0.623. The molecule has 10 nitrogen and oxygen atoms in total. The second kappa shape index (κ2) is 6.13. The maximum Gasteiger partial charge on any atom is 0.328 e. The summed E-state index contributed by atoms with van der Waals surface area (Å²) in [7, 11) is 0. The SMILES string of the molecule is Nc1nc(Cl)c2[nH]c(=O)n(C3CCC(c4nccn4C(=O)[O-])CC3)c2n1. The number of nitrogens with zero attached hydrogens (tertiary/aromatic N) is 5. The number of hydrogen-bond acceptors (Lipinski definition) is 7. The van der Waals surface area contributed by atoms with E-state index in [4.69, 9.17) is 17.3 Å². The Morgan fingerprint density at radius 2 is 2.04 bits per heavy atom. The van der Waals surface area contributed by atoms with E-state index >= 15 is 0 Å². The van der Waals surface area contributed by atoms with E-state index in [1.807, 2.05) is 0 Å². The molecule has 0 unspecified atom stereocenters. The van der Waals surface area contributed by atoms with Crippen molar-refractivity contribution in [3.63, 3.8) is 0 Å². The summed E-state index contributed by atoms with van der Waals surface area (Å²) in [4.78, 5) is 38.4. The van der Waals surface area contributed by atoms with Gasteiger partial charge in [-0.25, -0.2) is 9.78 Å². The average molecular weight is 377 g/mol. The predicted molar refractivity (Wildman–Crippen MR) is 90.8 cm³/mol. The molecular formula is C15H15ClN7O3-. The fraction of sp³-hybridized carbons (Fsp3) is 0.400. The molecule has 0 amide bonds. The monoisotopic (exact) mass is 376 g/mol. The molecule has 136 valence electrons. The first-order chi connectivity index (χ1) is 12.5. The number of hydrogen-bond donors (Lipinski definition) is 2. The summed E-state index contributed by atoms with van der Waals surface area (Å²) in [6.07, 6.45) is 4.23. The summed E-state index contributed by atoms with van der Waals surface area (Å²) >= 11 is 6.04. The molecule has 3 aromatic heterocycles. The highest BCUT2D eigenvalue weighted by molar-refractivity contribution is 6.33. The average Bonchev–Trinajstić information content (AvgIpc) is 3.20. The molecule has 26 heavy (non-hydrogen) atoms. The molecule has 0 aromatic carbocycles. The Morgan fingerprint density at radius 3 is 2.73 bits per heavy atom. The summed E-state index contributed by atoms with van der Waals surface area (Å²) in [5.41, 5.74) is 6.08. The maximum atomic E-state index is 12.4. The van der Waals surface area contributed by atoms with E-state index in [9.17, 15) is 14.7 Å². The van der Waals surface area contributed by atoms with Crippen LogP contribution in [0.1, 0.15) is 43.5 Å². The van der Waals surface area contributed by atoms with Crippen LogP contribution in [0.5, 0.6) is 0 Å². The van der Waals surface area contributed by atoms with Gasteiger partial charge in [0.15, 0.2) is 10.8 Å². The summed E-state index contributed by atoms with van der Waals surface area (Å²) in [5.74, 6) is 0.465. The highest BCUT2D eigenvalue weighted by Gasteiger charge is 2.29. The van der Waals surface area contributed by atoms with Gasteiger partial charge in [0.1, 0.15) is 17.4 Å². The number of halogens is 1. The lowest BCUT2D eigenvalue weighted by molar-refractivity contribution is -0.250. The number of aromatic amines is 1. The van der Waals surface area contributed by atoms with Crippen LogP contribution in [0, 0.1) is 0 Å². The fourth-order valence-corrected chi connectivity index (χ4v) is 3.90. The van der Waals surface area contributed by atoms with Crippen molar-refractivity contribution >= 4 is 34.8 Å². The number of fused-ring (bicyclic) bond motifs is 1. The first-order valence-electron chi connectivity index (χ1n) is 8.13. The number of carbonyl (C=O) groups is 1. The van der Waals surface area contributed by atoms with Crippen LogP contribution >= 0.6 is 11.6 Å². The lowest BCUT2D eigenvalue weighted by atomic mass is 9.85. The number of imidazole rings is 2. The molecule has 1 aliphatic rings. The number of carbonyl (C=O) groups excluding carboxylic acids is 1. The van der Waals surface area contributed by atoms with Gasteiger partial charge >= 0.3 is 5.69 Å². The number of aromatic nitrogens is 6. The van der Waals surface area contributed by atoms with Crippen molar-refractivity contribution in [3.05, 3.63) is 33.9 Å². The van der Waals surface area contributed by atoms with Gasteiger partial charge in [0.05, 0.1) is 0 Å². The van der Waals surface area contributed by atoms with Gasteiger partial charge in [-0.1, -0.05) is 11.6 Å². The second-order valence-electron chi connectivity index (χ2n) is 6.30. The Morgan fingerprint density at radius 1 is 1.31 bits per heavy atom. The number of nitrogens with one attached hydrogen (secondary N) is 1.